The van der Waals surface area contributed by atoms with E-state index in [2.05, 4.69) is 20.1 Å². The van der Waals surface area contributed by atoms with Gasteiger partial charge >= 0.3 is 0 Å². The molecule has 0 radical (unpaired) electrons. The molecule has 6 atom stereocenters. The van der Waals surface area contributed by atoms with Gasteiger partial charge in [0.05, 0.1) is 30.3 Å². The van der Waals surface area contributed by atoms with Crippen molar-refractivity contribution in [3.63, 3.8) is 0 Å². The lowest BCUT2D eigenvalue weighted by atomic mass is 9.65. The predicted molar refractivity (Wildman–Crippen MR) is 187 cm³/mol. The molecular formula is C37H47N3O6S. The molecule has 2 aromatic rings. The Labute approximate surface area is 282 Å². The zero-order valence-corrected chi connectivity index (χ0v) is 28.5. The molecule has 1 N–H and O–H groups in total. The normalized spacial score (nSPS) is 25.7. The monoisotopic (exact) mass is 661 g/mol. The number of rotatable bonds is 16. The molecule has 10 heteroatoms. The fourth-order valence-corrected chi connectivity index (χ4v) is 10.2. The molecule has 47 heavy (non-hydrogen) atoms. The number of hydrogen-bond donors (Lipinski definition) is 1. The van der Waals surface area contributed by atoms with Crippen molar-refractivity contribution in [2.75, 3.05) is 49.8 Å². The number of carbonyl (C=O) groups excluding carboxylic acids is 3. The number of amides is 3. The van der Waals surface area contributed by atoms with Crippen LogP contribution in [0.2, 0.25) is 0 Å². The third-order valence-electron chi connectivity index (χ3n) is 9.82. The lowest BCUT2D eigenvalue weighted by Crippen LogP contribution is -2.57. The van der Waals surface area contributed by atoms with E-state index in [0.29, 0.717) is 49.7 Å². The number of aliphatic hydroxyl groups is 1. The first-order chi connectivity index (χ1) is 22.8. The summed E-state index contributed by atoms with van der Waals surface area (Å²) >= 11 is 1.67. The Bertz CT molecular complexity index is 1450. The summed E-state index contributed by atoms with van der Waals surface area (Å²) in [5.41, 5.74) is 1.40. The van der Waals surface area contributed by atoms with Crippen LogP contribution in [-0.4, -0.2) is 83.7 Å². The number of anilines is 2. The average molecular weight is 662 g/mol. The molecule has 3 amide bonds. The summed E-state index contributed by atoms with van der Waals surface area (Å²) in [5.74, 6) is -0.218. The van der Waals surface area contributed by atoms with Crippen LogP contribution in [0.25, 0.3) is 0 Å². The molecule has 3 saturated heterocycles. The third kappa shape index (κ3) is 6.29. The number of unbranched alkanes of at least 4 members (excludes halogenated alkanes) is 2. The van der Waals surface area contributed by atoms with E-state index in [1.54, 1.807) is 45.7 Å². The van der Waals surface area contributed by atoms with Gasteiger partial charge in [-0.05, 0) is 87.1 Å². The molecule has 0 aliphatic carbocycles. The van der Waals surface area contributed by atoms with Gasteiger partial charge in [-0.3, -0.25) is 14.4 Å². The second kappa shape index (κ2) is 15.0. The smallest absolute Gasteiger partial charge is 0.251 e. The Balaban J connectivity index is 1.54. The minimum Gasteiger partial charge on any atom is -0.497 e. The highest BCUT2D eigenvalue weighted by Crippen LogP contribution is 2.69. The number of nitrogens with zero attached hydrogens (tertiary/aromatic N) is 3. The summed E-state index contributed by atoms with van der Waals surface area (Å²) in [5, 5.41) is 9.31. The molecule has 3 heterocycles. The average Bonchev–Trinajstić information content (AvgIpc) is 3.68. The van der Waals surface area contributed by atoms with Gasteiger partial charge in [-0.2, -0.15) is 0 Å². The first kappa shape index (κ1) is 34.6. The van der Waals surface area contributed by atoms with Crippen LogP contribution in [0.15, 0.2) is 73.8 Å². The van der Waals surface area contributed by atoms with Gasteiger partial charge in [-0.1, -0.05) is 19.1 Å². The van der Waals surface area contributed by atoms with Crippen LogP contribution in [0.3, 0.4) is 0 Å². The Morgan fingerprint density at radius 3 is 2.13 bits per heavy atom. The van der Waals surface area contributed by atoms with Crippen LogP contribution < -0.4 is 19.3 Å². The van der Waals surface area contributed by atoms with Gasteiger partial charge in [0.2, 0.25) is 11.8 Å². The van der Waals surface area contributed by atoms with Crippen molar-refractivity contribution < 1.29 is 29.0 Å². The fraction of sp³-hybridized carbons (Fsp3) is 0.486. The van der Waals surface area contributed by atoms with Crippen LogP contribution in [0, 0.1) is 17.8 Å². The number of hydrogen-bond acceptors (Lipinski definition) is 7. The van der Waals surface area contributed by atoms with Crippen molar-refractivity contribution >= 4 is 40.9 Å². The number of thioether (sulfide) groups is 1. The lowest BCUT2D eigenvalue weighted by Gasteiger charge is -2.41. The number of likely N-dealkylation sites (tertiary alicyclic amines) is 1. The van der Waals surface area contributed by atoms with Gasteiger partial charge in [-0.15, -0.1) is 24.9 Å². The number of ether oxygens (including phenoxy) is 2. The summed E-state index contributed by atoms with van der Waals surface area (Å²) < 4.78 is 10.2. The maximum atomic E-state index is 14.9. The van der Waals surface area contributed by atoms with Gasteiger partial charge in [0.1, 0.15) is 17.5 Å². The number of aliphatic hydroxyl groups excluding tert-OH is 1. The fourth-order valence-electron chi connectivity index (χ4n) is 7.77. The number of fused-ring (bicyclic) bond motifs is 1. The molecular weight excluding hydrogens is 614 g/mol. The standard InChI is InChI=1S/C37H47N3O6S/c1-6-20-38(26-14-18-29(19-15-26)46-8-3)34(42)31-30-24-25(4)37(47-30)32(31)35(43)40(22-10-9-11-23-41)33(37)36(44)39(21-7-2)27-12-16-28(45-5)17-13-27/h6-7,12-19,25,30-33,41H,1-2,8-11,20-24H2,3-5H3/t25?,30-,31+,32+,33?,37?/m1/s1. The van der Waals surface area contributed by atoms with Crippen LogP contribution in [0.4, 0.5) is 11.4 Å². The molecule has 3 unspecified atom stereocenters. The maximum absolute atomic E-state index is 14.9. The Hall–Kier alpha value is -3.76. The van der Waals surface area contributed by atoms with Crippen molar-refractivity contribution in [2.24, 2.45) is 17.8 Å². The molecule has 3 aliphatic heterocycles. The summed E-state index contributed by atoms with van der Waals surface area (Å²) in [6.45, 7) is 13.4. The van der Waals surface area contributed by atoms with E-state index in [4.69, 9.17) is 9.47 Å². The van der Waals surface area contributed by atoms with E-state index in [1.807, 2.05) is 55.5 Å². The quantitative estimate of drug-likeness (QED) is 0.192. The van der Waals surface area contributed by atoms with E-state index in [0.717, 1.165) is 18.6 Å². The van der Waals surface area contributed by atoms with Crippen molar-refractivity contribution in [2.45, 2.75) is 55.6 Å². The van der Waals surface area contributed by atoms with Crippen molar-refractivity contribution in [1.82, 2.24) is 4.90 Å². The molecule has 0 saturated carbocycles. The highest BCUT2D eigenvalue weighted by molar-refractivity contribution is 8.02. The first-order valence-electron chi connectivity index (χ1n) is 16.6. The van der Waals surface area contributed by atoms with Crippen LogP contribution in [0.1, 0.15) is 39.5 Å². The number of benzene rings is 2. The Morgan fingerprint density at radius 2 is 1.57 bits per heavy atom. The predicted octanol–water partition coefficient (Wildman–Crippen LogP) is 5.33. The second-order valence-corrected chi connectivity index (χ2v) is 14.0. The van der Waals surface area contributed by atoms with Crippen LogP contribution in [0.5, 0.6) is 11.5 Å². The van der Waals surface area contributed by atoms with E-state index >= 15 is 0 Å². The minimum absolute atomic E-state index is 0.0340. The largest absolute Gasteiger partial charge is 0.497 e. The van der Waals surface area contributed by atoms with Crippen LogP contribution in [-0.2, 0) is 14.4 Å². The highest BCUT2D eigenvalue weighted by Gasteiger charge is 2.76. The summed E-state index contributed by atoms with van der Waals surface area (Å²) in [6, 6.07) is 14.0. The van der Waals surface area contributed by atoms with Gasteiger partial charge < -0.3 is 29.3 Å². The topological polar surface area (TPSA) is 99.6 Å². The zero-order valence-electron chi connectivity index (χ0n) is 27.7. The summed E-state index contributed by atoms with van der Waals surface area (Å²) in [4.78, 5) is 49.4. The van der Waals surface area contributed by atoms with E-state index in [9.17, 15) is 19.5 Å². The molecule has 5 rings (SSSR count). The number of methoxy groups -OCH3 is 1. The molecule has 252 valence electrons. The minimum atomic E-state index is -0.763. The second-order valence-electron chi connectivity index (χ2n) is 12.5. The maximum Gasteiger partial charge on any atom is 0.251 e. The highest BCUT2D eigenvalue weighted by atomic mass is 32.2. The van der Waals surface area contributed by atoms with Crippen molar-refractivity contribution in [3.8, 4) is 11.5 Å². The zero-order chi connectivity index (χ0) is 33.7. The molecule has 2 bridgehead atoms. The Kier molecular flexibility index (Phi) is 11.0. The van der Waals surface area contributed by atoms with Gasteiger partial charge in [-0.25, -0.2) is 0 Å². The molecule has 1 spiro atoms. The van der Waals surface area contributed by atoms with Crippen LogP contribution >= 0.6 is 11.8 Å². The summed E-state index contributed by atoms with van der Waals surface area (Å²) in [7, 11) is 1.60. The van der Waals surface area contributed by atoms with Crippen molar-refractivity contribution in [1.29, 1.82) is 0 Å². The number of carbonyl (C=O) groups is 3. The van der Waals surface area contributed by atoms with E-state index < -0.39 is 22.6 Å². The lowest BCUT2D eigenvalue weighted by molar-refractivity contribution is -0.139. The first-order valence-corrected chi connectivity index (χ1v) is 17.5. The van der Waals surface area contributed by atoms with E-state index in [1.165, 1.54) is 0 Å². The third-order valence-corrected chi connectivity index (χ3v) is 11.9. The molecule has 2 aromatic carbocycles. The Morgan fingerprint density at radius 1 is 0.979 bits per heavy atom. The summed E-state index contributed by atoms with van der Waals surface area (Å²) in [6.07, 6.45) is 6.13. The van der Waals surface area contributed by atoms with Gasteiger partial charge in [0.15, 0.2) is 0 Å². The molecule has 3 aliphatic rings. The SMILES string of the molecule is C=CCN(C(=O)C1N(CCCCCO)C(=O)[C@@H]2[C@@H](C(=O)N(CC=C)c3ccc(OCC)cc3)[C@H]3CC(C)C12S3)c1ccc(OC)cc1. The van der Waals surface area contributed by atoms with E-state index in [-0.39, 0.29) is 42.0 Å². The van der Waals surface area contributed by atoms with Crippen molar-refractivity contribution in [3.05, 3.63) is 73.8 Å². The molecule has 3 fully saturated rings. The van der Waals surface area contributed by atoms with Gasteiger partial charge in [0.25, 0.3) is 5.91 Å². The van der Waals surface area contributed by atoms with Gasteiger partial charge in [0, 0.05) is 42.9 Å². The molecule has 9 nitrogen and oxygen atoms in total. The molecule has 0 aromatic heterocycles.